The summed E-state index contributed by atoms with van der Waals surface area (Å²) in [4.78, 5) is 12.2. The van der Waals surface area contributed by atoms with E-state index in [4.69, 9.17) is 4.74 Å². The fourth-order valence-electron chi connectivity index (χ4n) is 3.58. The maximum Gasteiger partial charge on any atom is 0.311 e. The van der Waals surface area contributed by atoms with E-state index in [1.165, 1.54) is 44.9 Å². The molecule has 1 aliphatic carbocycles. The zero-order valence-corrected chi connectivity index (χ0v) is 14.0. The molecule has 21 heavy (non-hydrogen) atoms. The molecule has 1 fully saturated rings. The van der Waals surface area contributed by atoms with E-state index in [-0.39, 0.29) is 11.9 Å². The SMILES string of the molecule is CCOC(=O)C(CC)C1(O)CCCCCCCCCCC1. The quantitative estimate of drug-likeness (QED) is 0.771. The molecule has 0 aromatic heterocycles. The monoisotopic (exact) mass is 298 g/mol. The van der Waals surface area contributed by atoms with Crippen molar-refractivity contribution in [2.75, 3.05) is 6.61 Å². The van der Waals surface area contributed by atoms with E-state index in [2.05, 4.69) is 0 Å². The minimum Gasteiger partial charge on any atom is -0.466 e. The molecule has 0 aliphatic heterocycles. The molecule has 0 saturated heterocycles. The van der Waals surface area contributed by atoms with Crippen LogP contribution in [0.1, 0.15) is 90.9 Å². The van der Waals surface area contributed by atoms with Crippen molar-refractivity contribution in [3.63, 3.8) is 0 Å². The standard InChI is InChI=1S/C18H34O3/c1-3-16(17(19)21-4-2)18(20)14-12-10-8-6-5-7-9-11-13-15-18/h16,20H,3-15H2,1-2H3. The summed E-state index contributed by atoms with van der Waals surface area (Å²) in [7, 11) is 0. The largest absolute Gasteiger partial charge is 0.466 e. The number of esters is 1. The molecule has 3 nitrogen and oxygen atoms in total. The number of hydrogen-bond donors (Lipinski definition) is 1. The predicted octanol–water partition coefficient (Wildman–Crippen LogP) is 4.61. The summed E-state index contributed by atoms with van der Waals surface area (Å²) >= 11 is 0. The summed E-state index contributed by atoms with van der Waals surface area (Å²) in [5, 5.41) is 11.1. The van der Waals surface area contributed by atoms with Crippen LogP contribution < -0.4 is 0 Å². The molecule has 0 heterocycles. The molecule has 0 amide bonds. The molecule has 1 saturated carbocycles. The molecule has 0 aromatic carbocycles. The van der Waals surface area contributed by atoms with Crippen LogP contribution in [0.15, 0.2) is 0 Å². The van der Waals surface area contributed by atoms with Crippen LogP contribution in [0.4, 0.5) is 0 Å². The van der Waals surface area contributed by atoms with Crippen LogP contribution in [0.2, 0.25) is 0 Å². The van der Waals surface area contributed by atoms with Gasteiger partial charge in [-0.1, -0.05) is 64.7 Å². The van der Waals surface area contributed by atoms with Crippen molar-refractivity contribution in [2.45, 2.75) is 96.5 Å². The highest BCUT2D eigenvalue weighted by atomic mass is 16.5. The first-order valence-corrected chi connectivity index (χ1v) is 9.03. The molecule has 3 heteroatoms. The summed E-state index contributed by atoms with van der Waals surface area (Å²) in [6.07, 6.45) is 13.0. The Morgan fingerprint density at radius 1 is 0.952 bits per heavy atom. The van der Waals surface area contributed by atoms with E-state index in [1.807, 2.05) is 13.8 Å². The Hall–Kier alpha value is -0.570. The number of carbonyl (C=O) groups is 1. The second-order valence-corrected chi connectivity index (χ2v) is 6.50. The van der Waals surface area contributed by atoms with Gasteiger partial charge in [0.1, 0.15) is 0 Å². The van der Waals surface area contributed by atoms with Gasteiger partial charge in [0.2, 0.25) is 0 Å². The van der Waals surface area contributed by atoms with Gasteiger partial charge in [-0.05, 0) is 26.2 Å². The minimum atomic E-state index is -0.861. The Bertz CT molecular complexity index is 276. The van der Waals surface area contributed by atoms with Gasteiger partial charge in [-0.3, -0.25) is 4.79 Å². The molecular formula is C18H34O3. The van der Waals surface area contributed by atoms with Crippen molar-refractivity contribution in [3.05, 3.63) is 0 Å². The third-order valence-electron chi connectivity index (χ3n) is 4.85. The number of ether oxygens (including phenoxy) is 1. The summed E-state index contributed by atoms with van der Waals surface area (Å²) in [5.41, 5.74) is -0.861. The molecule has 124 valence electrons. The van der Waals surface area contributed by atoms with Gasteiger partial charge in [-0.2, -0.15) is 0 Å². The van der Waals surface area contributed by atoms with Crippen molar-refractivity contribution in [1.82, 2.24) is 0 Å². The van der Waals surface area contributed by atoms with Gasteiger partial charge in [-0.15, -0.1) is 0 Å². The van der Waals surface area contributed by atoms with Crippen molar-refractivity contribution < 1.29 is 14.6 Å². The third kappa shape index (κ3) is 6.37. The molecule has 0 radical (unpaired) electrons. The Morgan fingerprint density at radius 3 is 1.76 bits per heavy atom. The summed E-state index contributed by atoms with van der Waals surface area (Å²) in [6.45, 7) is 4.21. The van der Waals surface area contributed by atoms with E-state index >= 15 is 0 Å². The Morgan fingerprint density at radius 2 is 1.38 bits per heavy atom. The van der Waals surface area contributed by atoms with Crippen LogP contribution in [0.25, 0.3) is 0 Å². The average Bonchev–Trinajstić information content (AvgIpc) is 2.44. The Balaban J connectivity index is 2.70. The zero-order valence-electron chi connectivity index (χ0n) is 14.0. The van der Waals surface area contributed by atoms with Crippen LogP contribution in [-0.4, -0.2) is 23.3 Å². The van der Waals surface area contributed by atoms with Crippen LogP contribution in [0, 0.1) is 5.92 Å². The Kier molecular flexibility index (Phi) is 8.98. The average molecular weight is 298 g/mol. The fourth-order valence-corrected chi connectivity index (χ4v) is 3.58. The lowest BCUT2D eigenvalue weighted by atomic mass is 9.77. The first-order valence-electron chi connectivity index (χ1n) is 9.03. The van der Waals surface area contributed by atoms with E-state index in [9.17, 15) is 9.90 Å². The van der Waals surface area contributed by atoms with Crippen molar-refractivity contribution >= 4 is 5.97 Å². The smallest absolute Gasteiger partial charge is 0.311 e. The van der Waals surface area contributed by atoms with Gasteiger partial charge in [0, 0.05) is 0 Å². The lowest BCUT2D eigenvalue weighted by molar-refractivity contribution is -0.160. The van der Waals surface area contributed by atoms with E-state index in [0.717, 1.165) is 25.7 Å². The summed E-state index contributed by atoms with van der Waals surface area (Å²) in [5.74, 6) is -0.574. The van der Waals surface area contributed by atoms with Crippen molar-refractivity contribution in [1.29, 1.82) is 0 Å². The summed E-state index contributed by atoms with van der Waals surface area (Å²) in [6, 6.07) is 0. The first-order chi connectivity index (χ1) is 10.1. The topological polar surface area (TPSA) is 46.5 Å². The van der Waals surface area contributed by atoms with Gasteiger partial charge < -0.3 is 9.84 Å². The van der Waals surface area contributed by atoms with Crippen LogP contribution in [0.5, 0.6) is 0 Å². The van der Waals surface area contributed by atoms with Gasteiger partial charge in [-0.25, -0.2) is 0 Å². The molecule has 1 aliphatic rings. The summed E-state index contributed by atoms with van der Waals surface area (Å²) < 4.78 is 5.19. The zero-order chi connectivity index (χ0) is 15.6. The highest BCUT2D eigenvalue weighted by molar-refractivity contribution is 5.73. The van der Waals surface area contributed by atoms with Gasteiger partial charge in [0.15, 0.2) is 0 Å². The maximum atomic E-state index is 12.2. The van der Waals surface area contributed by atoms with E-state index in [0.29, 0.717) is 13.0 Å². The molecule has 0 aromatic rings. The van der Waals surface area contributed by atoms with E-state index < -0.39 is 5.60 Å². The number of hydrogen-bond acceptors (Lipinski definition) is 3. The molecule has 1 unspecified atom stereocenters. The highest BCUT2D eigenvalue weighted by Crippen LogP contribution is 2.34. The van der Waals surface area contributed by atoms with Crippen molar-refractivity contribution in [3.8, 4) is 0 Å². The molecule has 0 spiro atoms. The molecule has 1 N–H and O–H groups in total. The Labute approximate surface area is 130 Å². The third-order valence-corrected chi connectivity index (χ3v) is 4.85. The molecular weight excluding hydrogens is 264 g/mol. The second kappa shape index (κ2) is 10.2. The first kappa shape index (κ1) is 18.5. The normalized spacial score (nSPS) is 22.6. The molecule has 1 rings (SSSR count). The number of rotatable bonds is 4. The predicted molar refractivity (Wildman–Crippen MR) is 86.2 cm³/mol. The fraction of sp³-hybridized carbons (Fsp3) is 0.944. The number of carbonyl (C=O) groups excluding carboxylic acids is 1. The molecule has 1 atom stereocenters. The lowest BCUT2D eigenvalue weighted by Crippen LogP contribution is -2.43. The van der Waals surface area contributed by atoms with E-state index in [1.54, 1.807) is 0 Å². The maximum absolute atomic E-state index is 12.2. The number of aliphatic hydroxyl groups is 1. The lowest BCUT2D eigenvalue weighted by Gasteiger charge is -2.35. The van der Waals surface area contributed by atoms with Crippen LogP contribution >= 0.6 is 0 Å². The van der Waals surface area contributed by atoms with Crippen LogP contribution in [0.3, 0.4) is 0 Å². The minimum absolute atomic E-state index is 0.213. The van der Waals surface area contributed by atoms with Gasteiger partial charge >= 0.3 is 5.97 Å². The van der Waals surface area contributed by atoms with Gasteiger partial charge in [0.25, 0.3) is 0 Å². The van der Waals surface area contributed by atoms with Crippen molar-refractivity contribution in [2.24, 2.45) is 5.92 Å². The van der Waals surface area contributed by atoms with Crippen LogP contribution in [-0.2, 0) is 9.53 Å². The molecule has 0 bridgehead atoms. The second-order valence-electron chi connectivity index (χ2n) is 6.50. The van der Waals surface area contributed by atoms with Gasteiger partial charge in [0.05, 0.1) is 18.1 Å². The highest BCUT2D eigenvalue weighted by Gasteiger charge is 2.40.